The summed E-state index contributed by atoms with van der Waals surface area (Å²) in [5, 5.41) is 11.8. The monoisotopic (exact) mass is 350 g/mol. The van der Waals surface area contributed by atoms with E-state index in [9.17, 15) is 9.90 Å². The highest BCUT2D eigenvalue weighted by Gasteiger charge is 2.26. The van der Waals surface area contributed by atoms with Crippen LogP contribution in [0.15, 0.2) is 22.6 Å². The van der Waals surface area contributed by atoms with Crippen LogP contribution in [0.4, 0.5) is 0 Å². The van der Waals surface area contributed by atoms with Crippen LogP contribution >= 0.6 is 23.1 Å². The highest BCUT2D eigenvalue weighted by Crippen LogP contribution is 2.34. The summed E-state index contributed by atoms with van der Waals surface area (Å²) in [6, 6.07) is 0. The third-order valence-corrected chi connectivity index (χ3v) is 6.97. The van der Waals surface area contributed by atoms with Gasteiger partial charge in [0.1, 0.15) is 4.83 Å². The summed E-state index contributed by atoms with van der Waals surface area (Å²) in [5.74, 6) is 0. The number of hydrogen-bond donors (Lipinski definition) is 1. The number of aryl methyl sites for hydroxylation is 2. The van der Waals surface area contributed by atoms with Crippen LogP contribution in [0.2, 0.25) is 0 Å². The molecule has 0 aromatic carbocycles. The fourth-order valence-corrected chi connectivity index (χ4v) is 5.39. The number of thiophene rings is 1. The van der Waals surface area contributed by atoms with Crippen LogP contribution < -0.4 is 5.56 Å². The average Bonchev–Trinajstić information content (AvgIpc) is 2.80. The van der Waals surface area contributed by atoms with E-state index in [1.807, 2.05) is 13.8 Å². The van der Waals surface area contributed by atoms with Gasteiger partial charge >= 0.3 is 0 Å². The van der Waals surface area contributed by atoms with E-state index in [-0.39, 0.29) is 16.9 Å². The van der Waals surface area contributed by atoms with Gasteiger partial charge in [0, 0.05) is 16.7 Å². The Morgan fingerprint density at radius 3 is 2.87 bits per heavy atom. The Kier molecular flexibility index (Phi) is 4.94. The molecule has 0 radical (unpaired) electrons. The molecule has 0 spiro atoms. The van der Waals surface area contributed by atoms with Crippen LogP contribution in [0.1, 0.15) is 36.1 Å². The Labute approximate surface area is 144 Å². The molecule has 1 saturated carbocycles. The van der Waals surface area contributed by atoms with Crippen molar-refractivity contribution >= 4 is 33.3 Å². The SMILES string of the molecule is C=CCn1c(S[C@H]2CCCC[C@H]2O)nc2sc(C)c(C)c2c1=O. The van der Waals surface area contributed by atoms with Gasteiger partial charge in [0.25, 0.3) is 5.56 Å². The Bertz CT molecular complexity index is 794. The standard InChI is InChI=1S/C17H22N2O2S2/c1-4-9-19-16(21)14-10(2)11(3)22-15(14)18-17(19)23-13-8-6-5-7-12(13)20/h4,12-13,20H,1,5-9H2,2-3H3/t12-,13+/m1/s1. The summed E-state index contributed by atoms with van der Waals surface area (Å²) < 4.78 is 1.69. The molecule has 1 aliphatic rings. The maximum Gasteiger partial charge on any atom is 0.263 e. The van der Waals surface area contributed by atoms with Crippen molar-refractivity contribution in [2.75, 3.05) is 0 Å². The van der Waals surface area contributed by atoms with Crippen molar-refractivity contribution in [2.45, 2.75) is 62.6 Å². The van der Waals surface area contributed by atoms with Gasteiger partial charge in [-0.1, -0.05) is 30.7 Å². The van der Waals surface area contributed by atoms with Crippen molar-refractivity contribution in [2.24, 2.45) is 0 Å². The Morgan fingerprint density at radius 1 is 1.43 bits per heavy atom. The van der Waals surface area contributed by atoms with Crippen molar-refractivity contribution in [1.29, 1.82) is 0 Å². The molecule has 1 fully saturated rings. The molecular formula is C17H22N2O2S2. The third kappa shape index (κ3) is 3.12. The predicted molar refractivity (Wildman–Crippen MR) is 97.7 cm³/mol. The lowest BCUT2D eigenvalue weighted by atomic mass is 9.97. The van der Waals surface area contributed by atoms with Crippen molar-refractivity contribution in [3.05, 3.63) is 33.4 Å². The lowest BCUT2D eigenvalue weighted by Crippen LogP contribution is -2.29. The van der Waals surface area contributed by atoms with Crippen LogP contribution in [-0.4, -0.2) is 26.0 Å². The molecule has 1 aliphatic carbocycles. The summed E-state index contributed by atoms with van der Waals surface area (Å²) in [5.41, 5.74) is 1.03. The topological polar surface area (TPSA) is 55.1 Å². The van der Waals surface area contributed by atoms with Gasteiger partial charge in [0.15, 0.2) is 5.16 Å². The molecule has 23 heavy (non-hydrogen) atoms. The molecule has 2 heterocycles. The van der Waals surface area contributed by atoms with Gasteiger partial charge in [-0.25, -0.2) is 4.98 Å². The number of rotatable bonds is 4. The summed E-state index contributed by atoms with van der Waals surface area (Å²) in [6.45, 7) is 8.21. The second-order valence-electron chi connectivity index (χ2n) is 6.07. The summed E-state index contributed by atoms with van der Waals surface area (Å²) in [4.78, 5) is 19.6. The third-order valence-electron chi connectivity index (χ3n) is 4.49. The quantitative estimate of drug-likeness (QED) is 0.675. The molecule has 124 valence electrons. The minimum atomic E-state index is -0.315. The number of allylic oxidation sites excluding steroid dienone is 1. The summed E-state index contributed by atoms with van der Waals surface area (Å²) in [7, 11) is 0. The number of fused-ring (bicyclic) bond motifs is 1. The minimum absolute atomic E-state index is 0.00421. The molecule has 2 aromatic heterocycles. The zero-order valence-electron chi connectivity index (χ0n) is 13.5. The van der Waals surface area contributed by atoms with E-state index in [0.29, 0.717) is 11.7 Å². The second kappa shape index (κ2) is 6.79. The van der Waals surface area contributed by atoms with E-state index in [1.54, 1.807) is 33.7 Å². The van der Waals surface area contributed by atoms with Crippen LogP contribution in [0.3, 0.4) is 0 Å². The first-order valence-corrected chi connectivity index (χ1v) is 9.68. The van der Waals surface area contributed by atoms with Crippen LogP contribution in [-0.2, 0) is 6.54 Å². The van der Waals surface area contributed by atoms with Gasteiger partial charge in [-0.15, -0.1) is 17.9 Å². The second-order valence-corrected chi connectivity index (χ2v) is 8.48. The lowest BCUT2D eigenvalue weighted by Gasteiger charge is -2.27. The largest absolute Gasteiger partial charge is 0.392 e. The zero-order chi connectivity index (χ0) is 16.6. The van der Waals surface area contributed by atoms with E-state index in [0.717, 1.165) is 46.3 Å². The van der Waals surface area contributed by atoms with Crippen molar-refractivity contribution in [3.8, 4) is 0 Å². The first kappa shape index (κ1) is 16.7. The van der Waals surface area contributed by atoms with Crippen molar-refractivity contribution < 1.29 is 5.11 Å². The van der Waals surface area contributed by atoms with Gasteiger partial charge in [0.2, 0.25) is 0 Å². The highest BCUT2D eigenvalue weighted by molar-refractivity contribution is 7.99. The normalized spacial score (nSPS) is 21.7. The first-order valence-electron chi connectivity index (χ1n) is 7.99. The van der Waals surface area contributed by atoms with Gasteiger partial charge in [-0.05, 0) is 32.3 Å². The van der Waals surface area contributed by atoms with E-state index < -0.39 is 0 Å². The van der Waals surface area contributed by atoms with E-state index in [4.69, 9.17) is 4.98 Å². The number of aromatic nitrogens is 2. The molecule has 3 rings (SSSR count). The average molecular weight is 351 g/mol. The molecular weight excluding hydrogens is 328 g/mol. The number of nitrogens with zero attached hydrogens (tertiary/aromatic N) is 2. The van der Waals surface area contributed by atoms with Gasteiger partial charge in [0.05, 0.1) is 11.5 Å². The van der Waals surface area contributed by atoms with Crippen LogP contribution in [0.25, 0.3) is 10.2 Å². The van der Waals surface area contributed by atoms with Crippen molar-refractivity contribution in [1.82, 2.24) is 9.55 Å². The van der Waals surface area contributed by atoms with Crippen molar-refractivity contribution in [3.63, 3.8) is 0 Å². The van der Waals surface area contributed by atoms with Gasteiger partial charge in [-0.2, -0.15) is 0 Å². The lowest BCUT2D eigenvalue weighted by molar-refractivity contribution is 0.136. The molecule has 0 saturated heterocycles. The van der Waals surface area contributed by atoms with Crippen LogP contribution in [0.5, 0.6) is 0 Å². The summed E-state index contributed by atoms with van der Waals surface area (Å²) >= 11 is 3.11. The van der Waals surface area contributed by atoms with Gasteiger partial charge in [-0.3, -0.25) is 9.36 Å². The van der Waals surface area contributed by atoms with Gasteiger partial charge < -0.3 is 5.11 Å². The molecule has 0 bridgehead atoms. The smallest absolute Gasteiger partial charge is 0.263 e. The molecule has 0 aliphatic heterocycles. The molecule has 2 aromatic rings. The number of hydrogen-bond acceptors (Lipinski definition) is 5. The Hall–Kier alpha value is -1.11. The Morgan fingerprint density at radius 2 is 2.17 bits per heavy atom. The zero-order valence-corrected chi connectivity index (χ0v) is 15.2. The van der Waals surface area contributed by atoms with E-state index >= 15 is 0 Å². The maximum absolute atomic E-state index is 12.9. The molecule has 1 N–H and O–H groups in total. The fraction of sp³-hybridized carbons (Fsp3) is 0.529. The highest BCUT2D eigenvalue weighted by atomic mass is 32.2. The predicted octanol–water partition coefficient (Wildman–Crippen LogP) is 3.66. The van der Waals surface area contributed by atoms with Crippen LogP contribution in [0, 0.1) is 13.8 Å². The molecule has 6 heteroatoms. The number of aliphatic hydroxyl groups is 1. The molecule has 0 amide bonds. The molecule has 2 atom stereocenters. The fourth-order valence-electron chi connectivity index (χ4n) is 3.04. The minimum Gasteiger partial charge on any atom is -0.392 e. The maximum atomic E-state index is 12.9. The summed E-state index contributed by atoms with van der Waals surface area (Å²) in [6.07, 6.45) is 5.42. The van der Waals surface area contributed by atoms with E-state index in [2.05, 4.69) is 6.58 Å². The first-order chi connectivity index (χ1) is 11.0. The Balaban J connectivity index is 2.09. The van der Waals surface area contributed by atoms with E-state index in [1.165, 1.54) is 0 Å². The number of aliphatic hydroxyl groups excluding tert-OH is 1. The molecule has 0 unspecified atom stereocenters. The number of thioether (sulfide) groups is 1. The molecule has 4 nitrogen and oxygen atoms in total.